The second-order valence-electron chi connectivity index (χ2n) is 13.0. The van der Waals surface area contributed by atoms with E-state index in [1.807, 2.05) is 0 Å². The molecule has 236 valence electrons. The Morgan fingerprint density at radius 2 is 0.775 bits per heavy atom. The van der Waals surface area contributed by atoms with E-state index in [2.05, 4.69) is 42.3 Å². The molecule has 40 heavy (non-hydrogen) atoms. The van der Waals surface area contributed by atoms with Crippen LogP contribution in [-0.4, -0.2) is 4.57 Å². The van der Waals surface area contributed by atoms with Crippen molar-refractivity contribution in [2.24, 2.45) is 0 Å². The second kappa shape index (κ2) is 29.7. The number of rotatable bonds is 32. The van der Waals surface area contributed by atoms with Gasteiger partial charge in [-0.2, -0.15) is 0 Å². The Morgan fingerprint density at radius 3 is 1.15 bits per heavy atom. The molecule has 0 aliphatic heterocycles. The van der Waals surface area contributed by atoms with Gasteiger partial charge >= 0.3 is 0 Å². The summed E-state index contributed by atoms with van der Waals surface area (Å²) < 4.78 is 5.14. The van der Waals surface area contributed by atoms with Gasteiger partial charge in [-0.15, -0.1) is 0 Å². The fraction of sp³-hybridized carbons (Fsp3) is 0.921. The molecule has 2 heteroatoms. The topological polar surface area (TPSA) is 8.81 Å². The van der Waals surface area contributed by atoms with Gasteiger partial charge in [0.2, 0.25) is 0 Å². The van der Waals surface area contributed by atoms with Crippen LogP contribution < -0.4 is 4.57 Å². The molecule has 1 heterocycles. The molecule has 1 rings (SSSR count). The van der Waals surface area contributed by atoms with Crippen molar-refractivity contribution in [2.45, 2.75) is 226 Å². The van der Waals surface area contributed by atoms with E-state index in [0.717, 1.165) is 0 Å². The van der Waals surface area contributed by atoms with Gasteiger partial charge in [-0.25, -0.2) is 9.13 Å². The summed E-state index contributed by atoms with van der Waals surface area (Å²) >= 11 is 0. The van der Waals surface area contributed by atoms with E-state index in [4.69, 9.17) is 0 Å². The molecule has 0 fully saturated rings. The van der Waals surface area contributed by atoms with Gasteiger partial charge in [-0.3, -0.25) is 0 Å². The van der Waals surface area contributed by atoms with Crippen LogP contribution in [0.2, 0.25) is 0 Å². The molecule has 0 saturated carbocycles. The molecule has 0 aliphatic rings. The lowest BCUT2D eigenvalue weighted by Gasteiger charge is -2.06. The first kappa shape index (κ1) is 37.2. The van der Waals surface area contributed by atoms with Gasteiger partial charge in [-0.1, -0.05) is 181 Å². The Hall–Kier alpha value is -0.790. The lowest BCUT2D eigenvalue weighted by Crippen LogP contribution is -2.37. The standard InChI is InChI=1S/C38H75N2/c1-4-7-9-11-13-15-17-19-20-21-22-23-25-27-29-31-33-38-39(34-6-3)36-37-40(38)35-32-30-28-26-24-18-16-14-12-10-8-5-2/h36-37H,4-35H2,1-3H3/q+1. The van der Waals surface area contributed by atoms with Crippen molar-refractivity contribution in [3.8, 4) is 0 Å². The summed E-state index contributed by atoms with van der Waals surface area (Å²) in [7, 11) is 0. The van der Waals surface area contributed by atoms with Crippen LogP contribution in [0.1, 0.15) is 213 Å². The van der Waals surface area contributed by atoms with Gasteiger partial charge in [0.1, 0.15) is 12.4 Å². The second-order valence-corrected chi connectivity index (χ2v) is 13.0. The molecule has 0 aromatic carbocycles. The summed E-state index contributed by atoms with van der Waals surface area (Å²) in [6.07, 6.45) is 47.6. The molecule has 0 atom stereocenters. The number of hydrogen-bond acceptors (Lipinski definition) is 0. The van der Waals surface area contributed by atoms with E-state index in [1.165, 1.54) is 206 Å². The van der Waals surface area contributed by atoms with Gasteiger partial charge in [0, 0.05) is 6.42 Å². The average Bonchev–Trinajstić information content (AvgIpc) is 3.34. The first-order chi connectivity index (χ1) is 19.8. The quantitative estimate of drug-likeness (QED) is 0.0613. The van der Waals surface area contributed by atoms with E-state index in [1.54, 1.807) is 5.82 Å². The molecular formula is C38H75N2+. The monoisotopic (exact) mass is 560 g/mol. The molecule has 0 amide bonds. The first-order valence-electron chi connectivity index (χ1n) is 18.9. The summed E-state index contributed by atoms with van der Waals surface area (Å²) in [6, 6.07) is 0. The number of hydrogen-bond donors (Lipinski definition) is 0. The first-order valence-corrected chi connectivity index (χ1v) is 18.9. The summed E-state index contributed by atoms with van der Waals surface area (Å²) in [5, 5.41) is 0. The van der Waals surface area contributed by atoms with Crippen LogP contribution in [0.4, 0.5) is 0 Å². The maximum atomic E-state index is 2.59. The van der Waals surface area contributed by atoms with Crippen molar-refractivity contribution < 1.29 is 4.57 Å². The number of nitrogens with zero attached hydrogens (tertiary/aromatic N) is 2. The van der Waals surface area contributed by atoms with Crippen molar-refractivity contribution in [3.63, 3.8) is 0 Å². The van der Waals surface area contributed by atoms with Crippen LogP contribution in [0.15, 0.2) is 12.4 Å². The van der Waals surface area contributed by atoms with Gasteiger partial charge in [-0.05, 0) is 25.7 Å². The highest BCUT2D eigenvalue weighted by molar-refractivity contribution is 4.84. The zero-order chi connectivity index (χ0) is 28.8. The van der Waals surface area contributed by atoms with Gasteiger partial charge in [0.15, 0.2) is 0 Å². The smallest absolute Gasteiger partial charge is 0.234 e. The SMILES string of the molecule is CCCCCCCCCCCCCCCCCCc1n(CCCCCCCCCCCCCC)cc[n+]1CCC. The van der Waals surface area contributed by atoms with E-state index in [9.17, 15) is 0 Å². The van der Waals surface area contributed by atoms with E-state index < -0.39 is 0 Å². The largest absolute Gasteiger partial charge is 0.256 e. The van der Waals surface area contributed by atoms with Crippen molar-refractivity contribution in [2.75, 3.05) is 0 Å². The van der Waals surface area contributed by atoms with Crippen LogP contribution >= 0.6 is 0 Å². The van der Waals surface area contributed by atoms with Crippen LogP contribution in [0.5, 0.6) is 0 Å². The fourth-order valence-corrected chi connectivity index (χ4v) is 6.39. The number of aryl methyl sites for hydroxylation is 2. The summed E-state index contributed by atoms with van der Waals surface area (Å²) in [6.45, 7) is 9.33. The molecule has 0 spiro atoms. The molecule has 0 bridgehead atoms. The Kier molecular flexibility index (Phi) is 27.6. The molecule has 1 aromatic heterocycles. The summed E-state index contributed by atoms with van der Waals surface area (Å²) in [5.74, 6) is 1.59. The van der Waals surface area contributed by atoms with Crippen molar-refractivity contribution in [3.05, 3.63) is 18.2 Å². The minimum absolute atomic E-state index is 1.18. The normalized spacial score (nSPS) is 11.6. The Morgan fingerprint density at radius 1 is 0.425 bits per heavy atom. The average molecular weight is 560 g/mol. The van der Waals surface area contributed by atoms with E-state index >= 15 is 0 Å². The third-order valence-corrected chi connectivity index (χ3v) is 9.06. The molecule has 2 nitrogen and oxygen atoms in total. The summed E-state index contributed by atoms with van der Waals surface area (Å²) in [5.41, 5.74) is 0. The van der Waals surface area contributed by atoms with Crippen molar-refractivity contribution >= 4 is 0 Å². The molecule has 0 unspecified atom stereocenters. The van der Waals surface area contributed by atoms with Crippen LogP contribution in [0.25, 0.3) is 0 Å². The zero-order valence-electron chi connectivity index (χ0n) is 28.2. The number of imidazole rings is 1. The van der Waals surface area contributed by atoms with Crippen LogP contribution in [0, 0.1) is 0 Å². The van der Waals surface area contributed by atoms with Crippen LogP contribution in [-0.2, 0) is 19.5 Å². The minimum atomic E-state index is 1.18. The van der Waals surface area contributed by atoms with E-state index in [-0.39, 0.29) is 0 Å². The highest BCUT2D eigenvalue weighted by Crippen LogP contribution is 2.15. The highest BCUT2D eigenvalue weighted by atomic mass is 15.1. The van der Waals surface area contributed by atoms with Crippen LogP contribution in [0.3, 0.4) is 0 Å². The third-order valence-electron chi connectivity index (χ3n) is 9.06. The Bertz CT molecular complexity index is 619. The molecule has 0 N–H and O–H groups in total. The van der Waals surface area contributed by atoms with Gasteiger partial charge in [0.25, 0.3) is 5.82 Å². The molecule has 0 radical (unpaired) electrons. The van der Waals surface area contributed by atoms with Gasteiger partial charge < -0.3 is 0 Å². The number of aromatic nitrogens is 2. The lowest BCUT2D eigenvalue weighted by atomic mass is 10.0. The van der Waals surface area contributed by atoms with Gasteiger partial charge in [0.05, 0.1) is 13.1 Å². The molecule has 0 saturated heterocycles. The fourth-order valence-electron chi connectivity index (χ4n) is 6.39. The molecule has 0 aliphatic carbocycles. The zero-order valence-corrected chi connectivity index (χ0v) is 28.2. The minimum Gasteiger partial charge on any atom is -0.234 e. The lowest BCUT2D eigenvalue weighted by molar-refractivity contribution is -0.703. The summed E-state index contributed by atoms with van der Waals surface area (Å²) in [4.78, 5) is 0. The Labute approximate surface area is 253 Å². The van der Waals surface area contributed by atoms with Crippen molar-refractivity contribution in [1.29, 1.82) is 0 Å². The third kappa shape index (κ3) is 21.9. The molecular weight excluding hydrogens is 484 g/mol. The maximum Gasteiger partial charge on any atom is 0.256 e. The highest BCUT2D eigenvalue weighted by Gasteiger charge is 2.15. The Balaban J connectivity index is 2.03. The predicted octanol–water partition coefficient (Wildman–Crippen LogP) is 12.7. The van der Waals surface area contributed by atoms with E-state index in [0.29, 0.717) is 0 Å². The predicted molar refractivity (Wildman–Crippen MR) is 179 cm³/mol. The maximum absolute atomic E-state index is 2.59. The number of unbranched alkanes of at least 4 members (excludes halogenated alkanes) is 26. The molecule has 1 aromatic rings. The van der Waals surface area contributed by atoms with Crippen molar-refractivity contribution in [1.82, 2.24) is 4.57 Å².